The minimum Gasteiger partial charge on any atom is -0.390 e. The molecule has 4 aliphatic carbocycles. The normalized spacial score (nSPS) is 54.6. The molecule has 150 valence electrons. The highest BCUT2D eigenvalue weighted by atomic mass is 19.1. The Morgan fingerprint density at radius 3 is 2.56 bits per heavy atom. The molecule has 27 heavy (non-hydrogen) atoms. The van der Waals surface area contributed by atoms with Crippen LogP contribution in [0, 0.1) is 22.7 Å². The van der Waals surface area contributed by atoms with E-state index in [0.29, 0.717) is 6.42 Å². The largest absolute Gasteiger partial charge is 0.390 e. The van der Waals surface area contributed by atoms with Gasteiger partial charge >= 0.3 is 0 Å². The molecule has 3 fully saturated rings. The maximum absolute atomic E-state index is 16.8. The molecule has 0 bridgehead atoms. The van der Waals surface area contributed by atoms with E-state index in [1.54, 1.807) is 13.8 Å². The van der Waals surface area contributed by atoms with Crippen molar-refractivity contribution in [2.75, 3.05) is 0 Å². The summed E-state index contributed by atoms with van der Waals surface area (Å²) in [5.41, 5.74) is -5.76. The molecule has 0 spiro atoms. The summed E-state index contributed by atoms with van der Waals surface area (Å²) in [7, 11) is 0. The van der Waals surface area contributed by atoms with E-state index in [1.165, 1.54) is 13.0 Å². The standard InChI is InChI=1S/C21H28F2O4/c1-11(24)20(27)7-5-13-14-9-16(22)15-8-12(25)4-6-18(15,2)21(14,23)17(26)10-19(13,20)3/h8,13-14,16-17,26-27H,4-7,9-10H2,1-3H3/t13-,14-,16?,17?,18-,19-,20-,21-/m0/s1. The summed E-state index contributed by atoms with van der Waals surface area (Å²) in [6.07, 6.45) is -0.874. The van der Waals surface area contributed by atoms with Crippen LogP contribution in [0.15, 0.2) is 11.6 Å². The van der Waals surface area contributed by atoms with Gasteiger partial charge in [-0.1, -0.05) is 13.8 Å². The summed E-state index contributed by atoms with van der Waals surface area (Å²) in [4.78, 5) is 24.1. The number of ketones is 2. The number of fused-ring (bicyclic) bond motifs is 5. The number of halogens is 2. The van der Waals surface area contributed by atoms with E-state index in [0.717, 1.165) is 0 Å². The van der Waals surface area contributed by atoms with Gasteiger partial charge in [0, 0.05) is 23.2 Å². The molecule has 4 aliphatic rings. The van der Waals surface area contributed by atoms with Crippen molar-refractivity contribution in [2.45, 2.75) is 82.8 Å². The van der Waals surface area contributed by atoms with Crippen molar-refractivity contribution in [3.8, 4) is 0 Å². The van der Waals surface area contributed by atoms with Gasteiger partial charge in [-0.2, -0.15) is 0 Å². The van der Waals surface area contributed by atoms with Gasteiger partial charge in [-0.25, -0.2) is 8.78 Å². The predicted octanol–water partition coefficient (Wildman–Crippen LogP) is 2.85. The van der Waals surface area contributed by atoms with Gasteiger partial charge in [0.05, 0.1) is 6.10 Å². The second-order valence-corrected chi connectivity index (χ2v) is 9.67. The molecular formula is C21H28F2O4. The number of carbonyl (C=O) groups is 2. The highest BCUT2D eigenvalue weighted by Crippen LogP contribution is 2.70. The van der Waals surface area contributed by atoms with Gasteiger partial charge in [-0.15, -0.1) is 0 Å². The van der Waals surface area contributed by atoms with Crippen LogP contribution in [0.5, 0.6) is 0 Å². The van der Waals surface area contributed by atoms with Gasteiger partial charge in [0.25, 0.3) is 0 Å². The minimum atomic E-state index is -2.08. The fourth-order valence-corrected chi connectivity index (χ4v) is 7.14. The lowest BCUT2D eigenvalue weighted by Gasteiger charge is -2.63. The average molecular weight is 382 g/mol. The Hall–Kier alpha value is -1.14. The van der Waals surface area contributed by atoms with E-state index >= 15 is 8.78 Å². The summed E-state index contributed by atoms with van der Waals surface area (Å²) in [5, 5.41) is 22.1. The van der Waals surface area contributed by atoms with Crippen LogP contribution in [0.4, 0.5) is 8.78 Å². The van der Waals surface area contributed by atoms with Crippen molar-refractivity contribution < 1.29 is 28.6 Å². The lowest BCUT2D eigenvalue weighted by atomic mass is 9.43. The average Bonchev–Trinajstić information content (AvgIpc) is 2.85. The fourth-order valence-electron chi connectivity index (χ4n) is 7.14. The molecule has 3 saturated carbocycles. The lowest BCUT2D eigenvalue weighted by molar-refractivity contribution is -0.231. The van der Waals surface area contributed by atoms with E-state index in [2.05, 4.69) is 0 Å². The molecule has 0 aromatic rings. The summed E-state index contributed by atoms with van der Waals surface area (Å²) in [6, 6.07) is 0. The monoisotopic (exact) mass is 382 g/mol. The quantitative estimate of drug-likeness (QED) is 0.731. The van der Waals surface area contributed by atoms with Crippen molar-refractivity contribution in [1.82, 2.24) is 0 Å². The first-order chi connectivity index (χ1) is 12.4. The number of carbonyl (C=O) groups excluding carboxylic acids is 2. The first-order valence-electron chi connectivity index (χ1n) is 9.91. The summed E-state index contributed by atoms with van der Waals surface area (Å²) in [5.74, 6) is -1.78. The van der Waals surface area contributed by atoms with Gasteiger partial charge < -0.3 is 10.2 Å². The third kappa shape index (κ3) is 2.04. The number of Topliss-reactive ketones (excluding diaryl/α,β-unsaturated/α-hetero) is 1. The lowest BCUT2D eigenvalue weighted by Crippen LogP contribution is -2.70. The first-order valence-corrected chi connectivity index (χ1v) is 9.91. The first kappa shape index (κ1) is 19.2. The van der Waals surface area contributed by atoms with Crippen LogP contribution in [0.3, 0.4) is 0 Å². The highest BCUT2D eigenvalue weighted by Gasteiger charge is 2.75. The van der Waals surface area contributed by atoms with E-state index in [1.807, 2.05) is 0 Å². The van der Waals surface area contributed by atoms with Crippen molar-refractivity contribution in [2.24, 2.45) is 22.7 Å². The number of aliphatic hydroxyl groups excluding tert-OH is 1. The number of rotatable bonds is 1. The summed E-state index contributed by atoms with van der Waals surface area (Å²) in [6.45, 7) is 4.69. The molecular weight excluding hydrogens is 354 g/mol. The molecule has 0 aliphatic heterocycles. The van der Waals surface area contributed by atoms with Crippen molar-refractivity contribution in [1.29, 1.82) is 0 Å². The number of allylic oxidation sites excluding steroid dienone is 1. The van der Waals surface area contributed by atoms with Crippen molar-refractivity contribution in [3.05, 3.63) is 11.6 Å². The van der Waals surface area contributed by atoms with Crippen LogP contribution in [-0.4, -0.2) is 45.3 Å². The number of aliphatic hydroxyl groups is 2. The molecule has 0 heterocycles. The Bertz CT molecular complexity index is 750. The maximum Gasteiger partial charge on any atom is 0.161 e. The predicted molar refractivity (Wildman–Crippen MR) is 94.4 cm³/mol. The highest BCUT2D eigenvalue weighted by molar-refractivity contribution is 5.92. The molecule has 6 heteroatoms. The van der Waals surface area contributed by atoms with E-state index in [9.17, 15) is 19.8 Å². The van der Waals surface area contributed by atoms with E-state index < -0.39 is 46.2 Å². The molecule has 0 radical (unpaired) electrons. The molecule has 0 saturated heterocycles. The Morgan fingerprint density at radius 2 is 1.93 bits per heavy atom. The van der Waals surface area contributed by atoms with Gasteiger partial charge in [0.2, 0.25) is 0 Å². The molecule has 0 aromatic carbocycles. The zero-order chi connectivity index (χ0) is 20.0. The Balaban J connectivity index is 1.85. The Morgan fingerprint density at radius 1 is 1.26 bits per heavy atom. The van der Waals surface area contributed by atoms with Gasteiger partial charge in [-0.05, 0) is 56.6 Å². The molecule has 4 nitrogen and oxygen atoms in total. The summed E-state index contributed by atoms with van der Waals surface area (Å²) < 4.78 is 31.9. The third-order valence-electron chi connectivity index (χ3n) is 8.76. The van der Waals surface area contributed by atoms with Crippen LogP contribution in [0.2, 0.25) is 0 Å². The zero-order valence-electron chi connectivity index (χ0n) is 16.1. The molecule has 2 unspecified atom stereocenters. The van der Waals surface area contributed by atoms with Crippen LogP contribution < -0.4 is 0 Å². The molecule has 4 rings (SSSR count). The summed E-state index contributed by atoms with van der Waals surface area (Å²) >= 11 is 0. The number of hydrogen-bond donors (Lipinski definition) is 2. The maximum atomic E-state index is 16.8. The third-order valence-corrected chi connectivity index (χ3v) is 8.76. The van der Waals surface area contributed by atoms with Crippen LogP contribution in [0.25, 0.3) is 0 Å². The van der Waals surface area contributed by atoms with Gasteiger partial charge in [0.1, 0.15) is 17.4 Å². The topological polar surface area (TPSA) is 74.6 Å². The molecule has 0 amide bonds. The van der Waals surface area contributed by atoms with Gasteiger partial charge in [0.15, 0.2) is 11.6 Å². The van der Waals surface area contributed by atoms with E-state index in [-0.39, 0.29) is 49.2 Å². The van der Waals surface area contributed by atoms with Crippen LogP contribution in [0.1, 0.15) is 59.3 Å². The number of hydrogen-bond acceptors (Lipinski definition) is 4. The fraction of sp³-hybridized carbons (Fsp3) is 0.810. The minimum absolute atomic E-state index is 0.0471. The Kier molecular flexibility index (Phi) is 3.89. The molecule has 8 atom stereocenters. The molecule has 2 N–H and O–H groups in total. The number of alkyl halides is 2. The van der Waals surface area contributed by atoms with Gasteiger partial charge in [-0.3, -0.25) is 9.59 Å². The Labute approximate surface area is 158 Å². The van der Waals surface area contributed by atoms with Crippen LogP contribution >= 0.6 is 0 Å². The molecule has 0 aromatic heterocycles. The van der Waals surface area contributed by atoms with Crippen molar-refractivity contribution in [3.63, 3.8) is 0 Å². The van der Waals surface area contributed by atoms with E-state index in [4.69, 9.17) is 0 Å². The smallest absolute Gasteiger partial charge is 0.161 e. The van der Waals surface area contributed by atoms with Crippen molar-refractivity contribution >= 4 is 11.6 Å². The second-order valence-electron chi connectivity index (χ2n) is 9.67. The van der Waals surface area contributed by atoms with Crippen LogP contribution in [-0.2, 0) is 9.59 Å². The zero-order valence-corrected chi connectivity index (χ0v) is 16.1. The SMILES string of the molecule is CC(=O)[C@@]1(O)CC[C@H]2[C@@H]3CC(F)C4=CC(=O)CC[C@]4(C)[C@@]3(F)C(O)C[C@@]21C. The second kappa shape index (κ2) is 5.47.